The number of halogens is 2. The molecule has 3 aromatic carbocycles. The number of hydrazone groups is 1. The second kappa shape index (κ2) is 10.9. The van der Waals surface area contributed by atoms with Crippen LogP contribution < -0.4 is 14.9 Å². The Morgan fingerprint density at radius 1 is 1.06 bits per heavy atom. The number of hydrogen-bond acceptors (Lipinski definition) is 5. The average Bonchev–Trinajstić information content (AvgIpc) is 3.23. The molecule has 8 heteroatoms. The number of hydrogen-bond donors (Lipinski definition) is 1. The molecule has 1 amide bonds. The summed E-state index contributed by atoms with van der Waals surface area (Å²) in [5.74, 6) is 0.973. The van der Waals surface area contributed by atoms with E-state index in [2.05, 4.69) is 48.5 Å². The Morgan fingerprint density at radius 3 is 2.71 bits per heavy atom. The summed E-state index contributed by atoms with van der Waals surface area (Å²) in [4.78, 5) is 12.5. The van der Waals surface area contributed by atoms with Crippen LogP contribution in [0.5, 0.6) is 11.5 Å². The van der Waals surface area contributed by atoms with E-state index < -0.39 is 5.91 Å². The number of ether oxygens (including phenoxy) is 2. The minimum absolute atomic E-state index is 0.167. The Kier molecular flexibility index (Phi) is 7.70. The fraction of sp³-hybridized carbons (Fsp3) is 0.154. The summed E-state index contributed by atoms with van der Waals surface area (Å²) in [5, 5.41) is 4.86. The van der Waals surface area contributed by atoms with Crippen molar-refractivity contribution in [1.82, 2.24) is 5.43 Å². The summed E-state index contributed by atoms with van der Waals surface area (Å²) in [6.07, 6.45) is 1.54. The highest BCUT2D eigenvalue weighted by Gasteiger charge is 2.14. The molecule has 0 radical (unpaired) electrons. The van der Waals surface area contributed by atoms with Gasteiger partial charge in [0.05, 0.1) is 17.3 Å². The summed E-state index contributed by atoms with van der Waals surface area (Å²) in [5.41, 5.74) is 6.12. The Bertz CT molecular complexity index is 1360. The molecule has 1 N–H and O–H groups in total. The van der Waals surface area contributed by atoms with E-state index in [0.717, 1.165) is 25.5 Å². The van der Waals surface area contributed by atoms with Gasteiger partial charge in [0.25, 0.3) is 0 Å². The van der Waals surface area contributed by atoms with Gasteiger partial charge in [-0.2, -0.15) is 5.10 Å². The van der Waals surface area contributed by atoms with Crippen molar-refractivity contribution in [2.24, 2.45) is 5.10 Å². The van der Waals surface area contributed by atoms with Crippen molar-refractivity contribution in [2.75, 3.05) is 6.61 Å². The fourth-order valence-electron chi connectivity index (χ4n) is 3.36. The number of benzene rings is 3. The first-order valence-electron chi connectivity index (χ1n) is 10.6. The lowest BCUT2D eigenvalue weighted by Gasteiger charge is -2.13. The Labute approximate surface area is 214 Å². The lowest BCUT2D eigenvalue weighted by Crippen LogP contribution is -2.16. The van der Waals surface area contributed by atoms with Crippen LogP contribution in [-0.2, 0) is 6.61 Å². The van der Waals surface area contributed by atoms with Crippen molar-refractivity contribution < 1.29 is 18.7 Å². The molecule has 1 heterocycles. The molecule has 0 aliphatic carbocycles. The van der Waals surface area contributed by atoms with Crippen LogP contribution in [0.1, 0.15) is 34.2 Å². The lowest BCUT2D eigenvalue weighted by molar-refractivity contribution is 0.0929. The van der Waals surface area contributed by atoms with Crippen LogP contribution in [0.2, 0.25) is 0 Å². The van der Waals surface area contributed by atoms with E-state index in [1.807, 2.05) is 62.4 Å². The molecule has 0 saturated heterocycles. The van der Waals surface area contributed by atoms with Crippen LogP contribution in [0, 0.1) is 6.92 Å². The summed E-state index contributed by atoms with van der Waals surface area (Å²) in [6, 6.07) is 19.1. The molecule has 0 fully saturated rings. The molecular weight excluding hydrogens is 564 g/mol. The molecule has 0 spiro atoms. The predicted octanol–water partition coefficient (Wildman–Crippen LogP) is 7.01. The van der Waals surface area contributed by atoms with Gasteiger partial charge in [0.15, 0.2) is 17.3 Å². The quantitative estimate of drug-likeness (QED) is 0.178. The van der Waals surface area contributed by atoms with Crippen LogP contribution in [-0.4, -0.2) is 18.7 Å². The molecule has 34 heavy (non-hydrogen) atoms. The molecule has 0 aliphatic heterocycles. The molecular formula is C26H22Br2N2O4. The number of fused-ring (bicyclic) bond motifs is 1. The van der Waals surface area contributed by atoms with Crippen LogP contribution in [0.3, 0.4) is 0 Å². The molecule has 0 aliphatic rings. The summed E-state index contributed by atoms with van der Waals surface area (Å²) in [7, 11) is 0. The third kappa shape index (κ3) is 5.87. The zero-order valence-corrected chi connectivity index (χ0v) is 21.8. The maximum atomic E-state index is 12.5. The third-order valence-electron chi connectivity index (χ3n) is 4.88. The van der Waals surface area contributed by atoms with Crippen molar-refractivity contribution >= 4 is 55.0 Å². The summed E-state index contributed by atoms with van der Waals surface area (Å²) >= 11 is 6.87. The number of aryl methyl sites for hydroxylation is 1. The van der Waals surface area contributed by atoms with Gasteiger partial charge in [-0.25, -0.2) is 5.43 Å². The number of carbonyl (C=O) groups excluding carboxylic acids is 1. The molecule has 6 nitrogen and oxygen atoms in total. The molecule has 0 atom stereocenters. The number of nitrogens with one attached hydrogen (secondary N) is 1. The van der Waals surface area contributed by atoms with Crippen LogP contribution in [0.25, 0.3) is 11.0 Å². The van der Waals surface area contributed by atoms with Gasteiger partial charge in [0.1, 0.15) is 12.2 Å². The van der Waals surface area contributed by atoms with E-state index >= 15 is 0 Å². The summed E-state index contributed by atoms with van der Waals surface area (Å²) < 4.78 is 19.0. The van der Waals surface area contributed by atoms with Crippen LogP contribution >= 0.6 is 31.9 Å². The maximum absolute atomic E-state index is 12.5. The van der Waals surface area contributed by atoms with E-state index in [4.69, 9.17) is 13.9 Å². The molecule has 4 aromatic rings. The zero-order chi connectivity index (χ0) is 24.1. The van der Waals surface area contributed by atoms with Gasteiger partial charge in [0.2, 0.25) is 0 Å². The Balaban J connectivity index is 1.43. The number of rotatable bonds is 8. The maximum Gasteiger partial charge on any atom is 0.307 e. The van der Waals surface area contributed by atoms with E-state index in [9.17, 15) is 4.79 Å². The first kappa shape index (κ1) is 24.0. The van der Waals surface area contributed by atoms with Gasteiger partial charge in [-0.1, -0.05) is 45.8 Å². The summed E-state index contributed by atoms with van der Waals surface area (Å²) in [6.45, 7) is 4.90. The Hall–Kier alpha value is -3.10. The van der Waals surface area contributed by atoms with Crippen molar-refractivity contribution in [3.8, 4) is 11.5 Å². The van der Waals surface area contributed by atoms with Crippen molar-refractivity contribution in [1.29, 1.82) is 0 Å². The first-order valence-corrected chi connectivity index (χ1v) is 12.2. The van der Waals surface area contributed by atoms with Gasteiger partial charge >= 0.3 is 5.91 Å². The minimum atomic E-state index is -0.446. The molecule has 0 saturated carbocycles. The minimum Gasteiger partial charge on any atom is -0.490 e. The van der Waals surface area contributed by atoms with Gasteiger partial charge in [-0.05, 0) is 77.3 Å². The van der Waals surface area contributed by atoms with E-state index in [0.29, 0.717) is 30.3 Å². The SMILES string of the molecule is CCOc1cc(/C=N\NC(=O)c2cc3cc(Br)cc(Br)c3o2)ccc1OCc1cccc(C)c1. The van der Waals surface area contributed by atoms with Crippen molar-refractivity contribution in [3.05, 3.63) is 92.1 Å². The smallest absolute Gasteiger partial charge is 0.307 e. The molecule has 1 aromatic heterocycles. The number of carbonyl (C=O) groups is 1. The third-order valence-corrected chi connectivity index (χ3v) is 5.93. The Morgan fingerprint density at radius 2 is 1.91 bits per heavy atom. The standard InChI is InChI=1S/C26H22Br2N2O4/c1-3-32-23-10-17(7-8-22(23)33-15-18-6-4-5-16(2)9-18)14-29-30-26(31)24-12-19-11-20(27)13-21(28)25(19)34-24/h4-14H,3,15H2,1-2H3,(H,30,31)/b29-14-. The largest absolute Gasteiger partial charge is 0.490 e. The van der Waals surface area contributed by atoms with Gasteiger partial charge in [0, 0.05) is 9.86 Å². The van der Waals surface area contributed by atoms with Crippen LogP contribution in [0.15, 0.2) is 79.1 Å². The predicted molar refractivity (Wildman–Crippen MR) is 140 cm³/mol. The average molecular weight is 586 g/mol. The number of furan rings is 1. The highest BCUT2D eigenvalue weighted by molar-refractivity contribution is 9.11. The highest BCUT2D eigenvalue weighted by atomic mass is 79.9. The molecule has 0 unspecified atom stereocenters. The monoisotopic (exact) mass is 584 g/mol. The normalized spacial score (nSPS) is 11.2. The number of amides is 1. The fourth-order valence-corrected chi connectivity index (χ4v) is 4.70. The molecule has 0 bridgehead atoms. The van der Waals surface area contributed by atoms with Crippen molar-refractivity contribution in [2.45, 2.75) is 20.5 Å². The zero-order valence-electron chi connectivity index (χ0n) is 18.6. The lowest BCUT2D eigenvalue weighted by atomic mass is 10.1. The van der Waals surface area contributed by atoms with Gasteiger partial charge in [-0.15, -0.1) is 0 Å². The second-order valence-corrected chi connectivity index (χ2v) is 9.30. The van der Waals surface area contributed by atoms with Gasteiger partial charge in [-0.3, -0.25) is 4.79 Å². The van der Waals surface area contributed by atoms with E-state index in [-0.39, 0.29) is 5.76 Å². The van der Waals surface area contributed by atoms with E-state index in [1.165, 1.54) is 5.56 Å². The highest BCUT2D eigenvalue weighted by Crippen LogP contribution is 2.31. The second-order valence-electron chi connectivity index (χ2n) is 7.53. The van der Waals surface area contributed by atoms with Crippen LogP contribution in [0.4, 0.5) is 0 Å². The molecule has 174 valence electrons. The van der Waals surface area contributed by atoms with Gasteiger partial charge < -0.3 is 13.9 Å². The number of nitrogens with zero attached hydrogens (tertiary/aromatic N) is 1. The van der Waals surface area contributed by atoms with Crippen molar-refractivity contribution in [3.63, 3.8) is 0 Å². The van der Waals surface area contributed by atoms with E-state index in [1.54, 1.807) is 12.3 Å². The first-order chi connectivity index (χ1) is 16.4. The topological polar surface area (TPSA) is 73.1 Å². The molecule has 4 rings (SSSR count).